The van der Waals surface area contributed by atoms with Crippen LogP contribution in [-0.4, -0.2) is 23.1 Å². The van der Waals surface area contributed by atoms with Crippen molar-refractivity contribution in [3.8, 4) is 0 Å². The Hall–Kier alpha value is -1.49. The molecule has 1 saturated carbocycles. The number of thioether (sulfide) groups is 1. The number of carbonyl (C=O) groups is 2. The molecule has 0 bridgehead atoms. The van der Waals surface area contributed by atoms with Crippen molar-refractivity contribution in [1.29, 1.82) is 0 Å². The summed E-state index contributed by atoms with van der Waals surface area (Å²) in [5, 5.41) is 2.74. The second kappa shape index (κ2) is 5.72. The van der Waals surface area contributed by atoms with E-state index in [2.05, 4.69) is 11.4 Å². The van der Waals surface area contributed by atoms with E-state index in [9.17, 15) is 9.59 Å². The van der Waals surface area contributed by atoms with Crippen LogP contribution in [0.1, 0.15) is 42.1 Å². The van der Waals surface area contributed by atoms with E-state index in [1.807, 2.05) is 18.2 Å². The van der Waals surface area contributed by atoms with Gasteiger partial charge in [0.05, 0.1) is 0 Å². The van der Waals surface area contributed by atoms with E-state index in [1.54, 1.807) is 11.8 Å². The van der Waals surface area contributed by atoms with Gasteiger partial charge in [-0.05, 0) is 36.1 Å². The monoisotopic (exact) mass is 304 g/mol. The Morgan fingerprint density at radius 3 is 2.67 bits per heavy atom. The van der Waals surface area contributed by atoms with Crippen LogP contribution in [0.2, 0.25) is 0 Å². The molecule has 21 heavy (non-hydrogen) atoms. The molecule has 1 aromatic carbocycles. The molecule has 1 aliphatic carbocycles. The van der Waals surface area contributed by atoms with Crippen LogP contribution >= 0.6 is 11.8 Å². The third-order valence-corrected chi connectivity index (χ3v) is 5.76. The Bertz CT molecular complexity index is 567. The van der Waals surface area contributed by atoms with Gasteiger partial charge < -0.3 is 11.1 Å². The summed E-state index contributed by atoms with van der Waals surface area (Å²) in [7, 11) is 0. The zero-order valence-electron chi connectivity index (χ0n) is 11.9. The van der Waals surface area contributed by atoms with Gasteiger partial charge >= 0.3 is 0 Å². The number of aryl methyl sites for hydroxylation is 1. The molecular formula is C16H20N2O2S. The number of nitrogens with two attached hydrogens (primary N) is 1. The molecule has 0 radical (unpaired) electrons. The fraction of sp³-hybridized carbons (Fsp3) is 0.500. The number of hydrogen-bond acceptors (Lipinski definition) is 3. The van der Waals surface area contributed by atoms with Crippen LogP contribution in [0, 0.1) is 0 Å². The van der Waals surface area contributed by atoms with Gasteiger partial charge in [-0.25, -0.2) is 0 Å². The predicted octanol–water partition coefficient (Wildman–Crippen LogP) is 1.93. The zero-order chi connectivity index (χ0) is 14.9. The molecule has 4 nitrogen and oxygen atoms in total. The van der Waals surface area contributed by atoms with Gasteiger partial charge in [0, 0.05) is 0 Å². The highest BCUT2D eigenvalue weighted by Crippen LogP contribution is 2.38. The van der Waals surface area contributed by atoms with Crippen LogP contribution in [0.5, 0.6) is 0 Å². The highest BCUT2D eigenvalue weighted by molar-refractivity contribution is 8.00. The van der Waals surface area contributed by atoms with E-state index in [-0.39, 0.29) is 11.2 Å². The molecule has 0 unspecified atom stereocenters. The van der Waals surface area contributed by atoms with Crippen LogP contribution in [0.25, 0.3) is 0 Å². The maximum atomic E-state index is 12.7. The smallest absolute Gasteiger partial charge is 0.243 e. The Kier molecular flexibility index (Phi) is 3.93. The molecule has 3 N–H and O–H groups in total. The van der Waals surface area contributed by atoms with Crippen molar-refractivity contribution in [1.82, 2.24) is 5.32 Å². The lowest BCUT2D eigenvalue weighted by Gasteiger charge is -2.31. The lowest BCUT2D eigenvalue weighted by molar-refractivity contribution is -0.131. The summed E-state index contributed by atoms with van der Waals surface area (Å²) in [5.74, 6) is 0.453. The molecule has 1 aromatic rings. The van der Waals surface area contributed by atoms with Gasteiger partial charge in [0.1, 0.15) is 10.8 Å². The number of amides is 2. The van der Waals surface area contributed by atoms with Gasteiger partial charge in [0.15, 0.2) is 0 Å². The molecule has 1 atom stereocenters. The number of fused-ring (bicyclic) bond motifs is 1. The van der Waals surface area contributed by atoms with Crippen molar-refractivity contribution in [3.63, 3.8) is 0 Å². The van der Waals surface area contributed by atoms with Gasteiger partial charge in [-0.3, -0.25) is 9.59 Å². The number of benzene rings is 1. The Balaban J connectivity index is 1.82. The van der Waals surface area contributed by atoms with Crippen LogP contribution in [0.3, 0.4) is 0 Å². The molecular weight excluding hydrogens is 284 g/mol. The number of nitrogens with one attached hydrogen (secondary N) is 1. The minimum atomic E-state index is -0.829. The summed E-state index contributed by atoms with van der Waals surface area (Å²) < 4.78 is 0. The summed E-state index contributed by atoms with van der Waals surface area (Å²) in [4.78, 5) is 24.5. The lowest BCUT2D eigenvalue weighted by atomic mass is 9.95. The summed E-state index contributed by atoms with van der Waals surface area (Å²) in [5.41, 5.74) is 7.02. The molecule has 1 heterocycles. The highest BCUT2D eigenvalue weighted by atomic mass is 32.2. The van der Waals surface area contributed by atoms with E-state index in [0.717, 1.165) is 30.6 Å². The number of primary amides is 1. The molecule has 0 saturated heterocycles. The van der Waals surface area contributed by atoms with E-state index in [4.69, 9.17) is 5.73 Å². The van der Waals surface area contributed by atoms with Crippen molar-refractivity contribution in [2.75, 3.05) is 5.75 Å². The topological polar surface area (TPSA) is 72.2 Å². The Labute approximate surface area is 128 Å². The van der Waals surface area contributed by atoms with Gasteiger partial charge in [-0.15, -0.1) is 11.8 Å². The lowest BCUT2D eigenvalue weighted by Crippen LogP contribution is -2.56. The van der Waals surface area contributed by atoms with Crippen LogP contribution < -0.4 is 11.1 Å². The predicted molar refractivity (Wildman–Crippen MR) is 83.9 cm³/mol. The molecule has 2 aliphatic rings. The molecule has 2 amide bonds. The first-order chi connectivity index (χ1) is 10.1. The first kappa shape index (κ1) is 14.4. The molecule has 0 spiro atoms. The first-order valence-electron chi connectivity index (χ1n) is 7.44. The molecule has 1 aliphatic heterocycles. The second-order valence-corrected chi connectivity index (χ2v) is 7.06. The summed E-state index contributed by atoms with van der Waals surface area (Å²) in [6.07, 6.45) is 4.20. The van der Waals surface area contributed by atoms with E-state index < -0.39 is 11.4 Å². The van der Waals surface area contributed by atoms with E-state index >= 15 is 0 Å². The van der Waals surface area contributed by atoms with Crippen molar-refractivity contribution in [3.05, 3.63) is 35.4 Å². The number of rotatable bonds is 3. The van der Waals surface area contributed by atoms with Crippen LogP contribution in [0.4, 0.5) is 0 Å². The standard InChI is InChI=1S/C16H20N2O2S/c17-15(20)16(8-3-4-9-16)18-14(19)13-12-6-2-1-5-11(12)7-10-21-13/h1-2,5-6,13H,3-4,7-10H2,(H2,17,20)(H,18,19)/t13-/m1/s1. The SMILES string of the molecule is NC(=O)C1(NC(=O)[C@@H]2SCCc3ccccc32)CCCC1. The zero-order valence-corrected chi connectivity index (χ0v) is 12.7. The van der Waals surface area contributed by atoms with Crippen molar-refractivity contribution in [2.24, 2.45) is 5.73 Å². The van der Waals surface area contributed by atoms with Gasteiger partial charge in [0.25, 0.3) is 0 Å². The minimum Gasteiger partial charge on any atom is -0.368 e. The van der Waals surface area contributed by atoms with E-state index in [1.165, 1.54) is 5.56 Å². The summed E-state index contributed by atoms with van der Waals surface area (Å²) >= 11 is 1.64. The molecule has 1 fully saturated rings. The third kappa shape index (κ3) is 2.67. The van der Waals surface area contributed by atoms with E-state index in [0.29, 0.717) is 12.8 Å². The average Bonchev–Trinajstić information content (AvgIpc) is 2.96. The Morgan fingerprint density at radius 1 is 1.24 bits per heavy atom. The molecule has 0 aromatic heterocycles. The van der Waals surface area contributed by atoms with Gasteiger partial charge in [-0.1, -0.05) is 37.1 Å². The van der Waals surface area contributed by atoms with Crippen molar-refractivity contribution >= 4 is 23.6 Å². The molecule has 112 valence electrons. The largest absolute Gasteiger partial charge is 0.368 e. The average molecular weight is 304 g/mol. The van der Waals surface area contributed by atoms with Crippen LogP contribution in [0.15, 0.2) is 24.3 Å². The minimum absolute atomic E-state index is 0.0761. The fourth-order valence-corrected chi connectivity index (χ4v) is 4.52. The van der Waals surface area contributed by atoms with Gasteiger partial charge in [-0.2, -0.15) is 0 Å². The Morgan fingerprint density at radius 2 is 1.95 bits per heavy atom. The number of hydrogen-bond donors (Lipinski definition) is 2. The summed E-state index contributed by atoms with van der Waals surface area (Å²) in [6.45, 7) is 0. The molecule has 5 heteroatoms. The van der Waals surface area contributed by atoms with Crippen LogP contribution in [-0.2, 0) is 16.0 Å². The maximum Gasteiger partial charge on any atom is 0.243 e. The highest BCUT2D eigenvalue weighted by Gasteiger charge is 2.42. The van der Waals surface area contributed by atoms with Crippen molar-refractivity contribution < 1.29 is 9.59 Å². The first-order valence-corrected chi connectivity index (χ1v) is 8.49. The second-order valence-electron chi connectivity index (χ2n) is 5.84. The van der Waals surface area contributed by atoms with Crippen molar-refractivity contribution in [2.45, 2.75) is 42.9 Å². The fourth-order valence-electron chi connectivity index (χ4n) is 3.32. The maximum absolute atomic E-state index is 12.7. The molecule has 3 rings (SSSR count). The van der Waals surface area contributed by atoms with Gasteiger partial charge in [0.2, 0.25) is 11.8 Å². The summed E-state index contributed by atoms with van der Waals surface area (Å²) in [6, 6.07) is 8.06. The number of carbonyl (C=O) groups excluding carboxylic acids is 2. The quantitative estimate of drug-likeness (QED) is 0.896. The normalized spacial score (nSPS) is 23.3. The third-order valence-electron chi connectivity index (χ3n) is 4.52.